The van der Waals surface area contributed by atoms with Crippen LogP contribution in [0.2, 0.25) is 0 Å². The zero-order chi connectivity index (χ0) is 10.5. The number of nitrogens with zero attached hydrogens (tertiary/aromatic N) is 1. The van der Waals surface area contributed by atoms with E-state index in [1.807, 2.05) is 13.8 Å². The molecule has 0 aromatic rings. The van der Waals surface area contributed by atoms with Crippen molar-refractivity contribution in [3.05, 3.63) is 0 Å². The maximum atomic E-state index is 11.6. The van der Waals surface area contributed by atoms with E-state index < -0.39 is 0 Å². The van der Waals surface area contributed by atoms with Crippen molar-refractivity contribution in [2.75, 3.05) is 6.54 Å². The average molecular weight is 196 g/mol. The maximum absolute atomic E-state index is 11.6. The molecule has 1 saturated heterocycles. The third-order valence-electron chi connectivity index (χ3n) is 3.21. The largest absolute Gasteiger partial charge is 0.326 e. The smallest absolute Gasteiger partial charge is 0.233 e. The van der Waals surface area contributed by atoms with Crippen molar-refractivity contribution in [2.45, 2.75) is 26.3 Å². The van der Waals surface area contributed by atoms with E-state index in [0.29, 0.717) is 12.5 Å². The van der Waals surface area contributed by atoms with Crippen LogP contribution in [0.15, 0.2) is 0 Å². The van der Waals surface area contributed by atoms with Gasteiger partial charge in [0.25, 0.3) is 0 Å². The minimum atomic E-state index is -0.0969. The number of piperidine rings is 1. The first kappa shape index (κ1) is 9.65. The van der Waals surface area contributed by atoms with Gasteiger partial charge in [0, 0.05) is 12.6 Å². The Balaban J connectivity index is 1.99. The molecule has 1 aliphatic carbocycles. The Morgan fingerprint density at radius 3 is 2.29 bits per heavy atom. The molecule has 2 amide bonds. The van der Waals surface area contributed by atoms with Crippen LogP contribution in [0.3, 0.4) is 0 Å². The van der Waals surface area contributed by atoms with Crippen LogP contribution < -0.4 is 5.73 Å². The molecular weight excluding hydrogens is 180 g/mol. The Bertz CT molecular complexity index is 268. The second-order valence-electron chi connectivity index (χ2n) is 4.64. The zero-order valence-corrected chi connectivity index (χ0v) is 8.56. The van der Waals surface area contributed by atoms with Crippen LogP contribution in [0.5, 0.6) is 0 Å². The quantitative estimate of drug-likeness (QED) is 0.645. The highest BCUT2D eigenvalue weighted by atomic mass is 16.2. The first-order chi connectivity index (χ1) is 6.52. The first-order valence-corrected chi connectivity index (χ1v) is 5.13. The molecule has 2 N–H and O–H groups in total. The summed E-state index contributed by atoms with van der Waals surface area (Å²) in [4.78, 5) is 24.5. The van der Waals surface area contributed by atoms with Crippen LogP contribution in [0, 0.1) is 17.8 Å². The molecule has 2 fully saturated rings. The number of carbonyl (C=O) groups is 2. The Morgan fingerprint density at radius 1 is 1.36 bits per heavy atom. The van der Waals surface area contributed by atoms with Gasteiger partial charge in [-0.3, -0.25) is 14.5 Å². The molecule has 4 heteroatoms. The van der Waals surface area contributed by atoms with E-state index in [1.54, 1.807) is 0 Å². The number of carbonyl (C=O) groups excluding carboxylic acids is 2. The summed E-state index contributed by atoms with van der Waals surface area (Å²) in [6, 6.07) is -0.0969. The molecule has 2 rings (SSSR count). The Hall–Kier alpha value is -0.900. The highest BCUT2D eigenvalue weighted by Gasteiger charge is 2.58. The minimum Gasteiger partial charge on any atom is -0.326 e. The van der Waals surface area contributed by atoms with E-state index in [-0.39, 0.29) is 29.7 Å². The highest BCUT2D eigenvalue weighted by molar-refractivity contribution is 6.08. The lowest BCUT2D eigenvalue weighted by Gasteiger charge is -2.23. The number of nitrogens with two attached hydrogens (primary N) is 1. The van der Waals surface area contributed by atoms with Gasteiger partial charge < -0.3 is 5.73 Å². The number of rotatable bonds is 3. The molecule has 0 spiro atoms. The van der Waals surface area contributed by atoms with Crippen LogP contribution in [-0.4, -0.2) is 29.3 Å². The average Bonchev–Trinajstić information content (AvgIpc) is 2.86. The molecule has 0 radical (unpaired) electrons. The van der Waals surface area contributed by atoms with Gasteiger partial charge in [-0.1, -0.05) is 13.8 Å². The number of imide groups is 1. The van der Waals surface area contributed by atoms with Crippen LogP contribution >= 0.6 is 0 Å². The van der Waals surface area contributed by atoms with Gasteiger partial charge in [0.05, 0.1) is 11.8 Å². The second kappa shape index (κ2) is 3.05. The van der Waals surface area contributed by atoms with Crippen LogP contribution in [-0.2, 0) is 9.59 Å². The molecule has 0 aromatic carbocycles. The summed E-state index contributed by atoms with van der Waals surface area (Å²) in [6.45, 7) is 4.38. The Labute approximate surface area is 83.4 Å². The predicted octanol–water partition coefficient (Wildman–Crippen LogP) is -0.0254. The summed E-state index contributed by atoms with van der Waals surface area (Å²) >= 11 is 0. The molecule has 0 aromatic heterocycles. The maximum Gasteiger partial charge on any atom is 0.233 e. The summed E-state index contributed by atoms with van der Waals surface area (Å²) in [5.74, 6) is 0.295. The van der Waals surface area contributed by atoms with Crippen molar-refractivity contribution in [3.63, 3.8) is 0 Å². The number of hydrogen-bond donors (Lipinski definition) is 1. The van der Waals surface area contributed by atoms with E-state index in [9.17, 15) is 9.59 Å². The highest BCUT2D eigenvalue weighted by Crippen LogP contribution is 2.46. The lowest BCUT2D eigenvalue weighted by atomic mass is 10.1. The standard InChI is InChI=1S/C10H16N2O2/c1-5(2)8(11)4-12-9(13)6-3-7(6)10(12)14/h5-8H,3-4,11H2,1-2H3. The van der Waals surface area contributed by atoms with E-state index in [0.717, 1.165) is 6.42 Å². The monoisotopic (exact) mass is 196 g/mol. The fraction of sp³-hybridized carbons (Fsp3) is 0.800. The fourth-order valence-electron chi connectivity index (χ4n) is 1.85. The molecule has 1 aliphatic heterocycles. The number of hydrogen-bond acceptors (Lipinski definition) is 3. The van der Waals surface area contributed by atoms with Gasteiger partial charge in [-0.25, -0.2) is 0 Å². The lowest BCUT2D eigenvalue weighted by Crippen LogP contribution is -2.44. The molecule has 1 saturated carbocycles. The first-order valence-electron chi connectivity index (χ1n) is 5.13. The minimum absolute atomic E-state index is 0.00172. The van der Waals surface area contributed by atoms with Crippen LogP contribution in [0.1, 0.15) is 20.3 Å². The molecule has 3 atom stereocenters. The molecule has 3 unspecified atom stereocenters. The molecule has 78 valence electrons. The molecule has 0 bridgehead atoms. The molecule has 14 heavy (non-hydrogen) atoms. The summed E-state index contributed by atoms with van der Waals surface area (Å²) < 4.78 is 0. The van der Waals surface area contributed by atoms with Gasteiger partial charge >= 0.3 is 0 Å². The van der Waals surface area contributed by atoms with Crippen molar-refractivity contribution in [2.24, 2.45) is 23.5 Å². The van der Waals surface area contributed by atoms with E-state index in [1.165, 1.54) is 4.90 Å². The summed E-state index contributed by atoms with van der Waals surface area (Å²) in [5, 5.41) is 0. The summed E-state index contributed by atoms with van der Waals surface area (Å²) in [5.41, 5.74) is 5.83. The van der Waals surface area contributed by atoms with Gasteiger partial charge in [0.2, 0.25) is 11.8 Å². The van der Waals surface area contributed by atoms with Crippen molar-refractivity contribution in [3.8, 4) is 0 Å². The van der Waals surface area contributed by atoms with Crippen molar-refractivity contribution >= 4 is 11.8 Å². The van der Waals surface area contributed by atoms with Gasteiger partial charge in [0.15, 0.2) is 0 Å². The third-order valence-corrected chi connectivity index (χ3v) is 3.21. The lowest BCUT2D eigenvalue weighted by molar-refractivity contribution is -0.141. The van der Waals surface area contributed by atoms with Gasteiger partial charge in [-0.15, -0.1) is 0 Å². The normalized spacial score (nSPS) is 32.4. The van der Waals surface area contributed by atoms with Crippen molar-refractivity contribution < 1.29 is 9.59 Å². The summed E-state index contributed by atoms with van der Waals surface area (Å²) in [6.07, 6.45) is 0.769. The SMILES string of the molecule is CC(C)C(N)CN1C(=O)C2CC2C1=O. The molecule has 4 nitrogen and oxygen atoms in total. The second-order valence-corrected chi connectivity index (χ2v) is 4.64. The van der Waals surface area contributed by atoms with E-state index in [4.69, 9.17) is 5.73 Å². The van der Waals surface area contributed by atoms with E-state index in [2.05, 4.69) is 0 Å². The number of amides is 2. The molecule has 1 heterocycles. The Kier molecular flexibility index (Phi) is 2.10. The third kappa shape index (κ3) is 1.34. The topological polar surface area (TPSA) is 63.4 Å². The van der Waals surface area contributed by atoms with Crippen LogP contribution in [0.25, 0.3) is 0 Å². The fourth-order valence-corrected chi connectivity index (χ4v) is 1.85. The van der Waals surface area contributed by atoms with Gasteiger partial charge in [0.1, 0.15) is 0 Å². The predicted molar refractivity (Wildman–Crippen MR) is 51.1 cm³/mol. The van der Waals surface area contributed by atoms with Crippen molar-refractivity contribution in [1.82, 2.24) is 4.90 Å². The van der Waals surface area contributed by atoms with Gasteiger partial charge in [-0.2, -0.15) is 0 Å². The number of fused-ring (bicyclic) bond motifs is 1. The zero-order valence-electron chi connectivity index (χ0n) is 8.56. The van der Waals surface area contributed by atoms with Crippen LogP contribution in [0.4, 0.5) is 0 Å². The molecule has 2 aliphatic rings. The molecular formula is C10H16N2O2. The Morgan fingerprint density at radius 2 is 1.86 bits per heavy atom. The summed E-state index contributed by atoms with van der Waals surface area (Å²) in [7, 11) is 0. The van der Waals surface area contributed by atoms with E-state index >= 15 is 0 Å². The van der Waals surface area contributed by atoms with Gasteiger partial charge in [-0.05, 0) is 12.3 Å². The number of likely N-dealkylation sites (tertiary alicyclic amines) is 1. The van der Waals surface area contributed by atoms with Crippen molar-refractivity contribution in [1.29, 1.82) is 0 Å².